The molecule has 10 aromatic rings. The largest absolute Gasteiger partial charge is 0.510 e. The van der Waals surface area contributed by atoms with Crippen LogP contribution in [0.5, 0.6) is 11.5 Å². The van der Waals surface area contributed by atoms with E-state index in [4.69, 9.17) is 9.72 Å². The van der Waals surface area contributed by atoms with Crippen molar-refractivity contribution >= 4 is 32.8 Å². The van der Waals surface area contributed by atoms with Crippen molar-refractivity contribution < 1.29 is 30.4 Å². The number of rotatable bonds is 7. The number of aromatic nitrogens is 4. The van der Waals surface area contributed by atoms with Crippen LogP contribution in [0, 0.1) is 18.5 Å². The van der Waals surface area contributed by atoms with Crippen LogP contribution in [0.4, 0.5) is 0 Å². The van der Waals surface area contributed by atoms with Gasteiger partial charge in [0.05, 0.1) is 16.7 Å². The Morgan fingerprint density at radius 1 is 0.526 bits per heavy atom. The fourth-order valence-electron chi connectivity index (χ4n) is 13.4. The van der Waals surface area contributed by atoms with Crippen LogP contribution >= 0.6 is 0 Å². The van der Waals surface area contributed by atoms with Crippen LogP contribution in [0.25, 0.3) is 72.3 Å². The van der Waals surface area contributed by atoms with E-state index in [1.165, 1.54) is 50.1 Å². The van der Waals surface area contributed by atoms with Gasteiger partial charge < -0.3 is 13.9 Å². The van der Waals surface area contributed by atoms with Gasteiger partial charge in [0.25, 0.3) is 6.33 Å². The number of nitrogens with zero attached hydrogens (tertiary/aromatic N) is 4. The molecule has 0 bridgehead atoms. The van der Waals surface area contributed by atoms with E-state index in [2.05, 4.69) is 263 Å². The normalized spacial score (nSPS) is 16.2. The van der Waals surface area contributed by atoms with Gasteiger partial charge >= 0.3 is 0 Å². The molecule has 0 radical (unpaired) electrons. The molecule has 2 aliphatic carbocycles. The van der Waals surface area contributed by atoms with E-state index in [0.29, 0.717) is 11.5 Å². The summed E-state index contributed by atoms with van der Waals surface area (Å²) in [7, 11) is 0. The van der Waals surface area contributed by atoms with Gasteiger partial charge in [0.15, 0.2) is 0 Å². The number of para-hydroxylation sites is 4. The van der Waals surface area contributed by atoms with Crippen molar-refractivity contribution in [3.63, 3.8) is 0 Å². The smallest absolute Gasteiger partial charge is 0.268 e. The summed E-state index contributed by atoms with van der Waals surface area (Å²) in [5, 5.41) is 2.23. The maximum atomic E-state index is 6.96. The Hall–Kier alpha value is -6.55. The molecule has 0 amide bonds. The number of benzene rings is 7. The minimum absolute atomic E-state index is 0. The molecule has 12 rings (SSSR count). The molecule has 7 aromatic carbocycles. The average Bonchev–Trinajstić information content (AvgIpc) is 4.11. The Morgan fingerprint density at radius 2 is 1.11 bits per heavy atom. The van der Waals surface area contributed by atoms with Crippen molar-refractivity contribution in [1.82, 2.24) is 14.1 Å². The van der Waals surface area contributed by atoms with Crippen molar-refractivity contribution in [2.24, 2.45) is 0 Å². The molecule has 0 N–H and O–H groups in total. The van der Waals surface area contributed by atoms with Crippen LogP contribution < -0.4 is 9.30 Å². The van der Waals surface area contributed by atoms with Gasteiger partial charge in [0.1, 0.15) is 5.82 Å². The van der Waals surface area contributed by atoms with Crippen LogP contribution in [0.15, 0.2) is 146 Å². The molecule has 0 aliphatic heterocycles. The van der Waals surface area contributed by atoms with Gasteiger partial charge in [-0.25, -0.2) is 4.98 Å². The quantitative estimate of drug-likeness (QED) is 0.118. The number of pyridine rings is 1. The Morgan fingerprint density at radius 3 is 1.72 bits per heavy atom. The third kappa shape index (κ3) is 8.57. The van der Waals surface area contributed by atoms with Gasteiger partial charge in [0.2, 0.25) is 0 Å². The van der Waals surface area contributed by atoms with Crippen LogP contribution in [-0.4, -0.2) is 14.1 Å². The maximum Gasteiger partial charge on any atom is 0.268 e. The second kappa shape index (κ2) is 17.8. The first kappa shape index (κ1) is 51.5. The molecule has 0 saturated heterocycles. The third-order valence-electron chi connectivity index (χ3n) is 16.7. The van der Waals surface area contributed by atoms with Gasteiger partial charge in [-0.15, -0.1) is 29.7 Å². The first-order chi connectivity index (χ1) is 35.4. The van der Waals surface area contributed by atoms with Crippen LogP contribution in [0.3, 0.4) is 0 Å². The first-order valence-electron chi connectivity index (χ1n) is 27.0. The summed E-state index contributed by atoms with van der Waals surface area (Å²) < 4.78 is 13.7. The molecule has 76 heavy (non-hydrogen) atoms. The van der Waals surface area contributed by atoms with E-state index in [1.54, 1.807) is 0 Å². The Kier molecular flexibility index (Phi) is 12.0. The Bertz CT molecular complexity index is 3860. The molecular weight excluding hydrogens is 1110 g/mol. The Balaban J connectivity index is 0.00000616. The Labute approximate surface area is 465 Å². The molecule has 0 saturated carbocycles. The van der Waals surface area contributed by atoms with Crippen LogP contribution in [0.2, 0.25) is 0 Å². The SMILES string of the molecule is CC(C)(C)c1cc(Oc2[c-]c3c(cc2)c2ccccc2n3-c2cc(C(C)(C)C)ccn2)[c-]c(-n2[c-][n+](-c3c(-c4ccc5c(c4)C(C)(C)CC5(C)C)cccc3-c3ccc4c(c3)C(C)(C)CC4(C)C)c3ccccc32)c1.[Pt]. The van der Waals surface area contributed by atoms with E-state index in [0.717, 1.165) is 68.4 Å². The van der Waals surface area contributed by atoms with Crippen molar-refractivity contribution in [2.45, 2.75) is 142 Å². The standard InChI is InChI=1S/C70H70N4O.Pt/c1-65(2,3)46-32-33-71-63(38-46)74-59-23-16-15-20-53(59)54-29-28-49(40-62(54)74)75-50-37-47(66(4,5)6)36-48(39-50)72-43-73(61-25-18-17-24-60(61)72)64-51(44-26-30-55-57(34-44)69(11,12)41-67(55,7)8)21-19-22-52(64)45-27-31-56-58(35-45)70(13,14)42-68(56,9)10;/h15-38H,41-42H2,1-14H3;/q-2;. The molecule has 6 heteroatoms. The van der Waals surface area contributed by atoms with Crippen molar-refractivity contribution in [2.75, 3.05) is 0 Å². The molecule has 5 nitrogen and oxygen atoms in total. The summed E-state index contributed by atoms with van der Waals surface area (Å²) >= 11 is 0. The second-order valence-electron chi connectivity index (χ2n) is 26.4. The summed E-state index contributed by atoms with van der Waals surface area (Å²) in [6, 6.07) is 58.9. The molecule has 3 heterocycles. The number of hydrogen-bond acceptors (Lipinski definition) is 2. The molecule has 0 atom stereocenters. The first-order valence-corrected chi connectivity index (χ1v) is 27.0. The second-order valence-corrected chi connectivity index (χ2v) is 26.4. The monoisotopic (exact) mass is 1180 g/mol. The average molecular weight is 1180 g/mol. The molecule has 388 valence electrons. The van der Waals surface area contributed by atoms with Gasteiger partial charge in [-0.2, -0.15) is 17.7 Å². The van der Waals surface area contributed by atoms with E-state index >= 15 is 0 Å². The van der Waals surface area contributed by atoms with Crippen LogP contribution in [-0.2, 0) is 53.6 Å². The number of fused-ring (bicyclic) bond motifs is 6. The topological polar surface area (TPSA) is 35.9 Å². The molecule has 0 spiro atoms. The fraction of sp³-hybridized carbons (Fsp3) is 0.314. The summed E-state index contributed by atoms with van der Waals surface area (Å²) in [6.45, 7) is 32.7. The van der Waals surface area contributed by atoms with E-state index < -0.39 is 0 Å². The number of imidazole rings is 1. The van der Waals surface area contributed by atoms with Crippen LogP contribution in [0.1, 0.15) is 143 Å². The number of ether oxygens (including phenoxy) is 1. The molecule has 0 unspecified atom stereocenters. The van der Waals surface area contributed by atoms with E-state index in [9.17, 15) is 0 Å². The molecule has 3 aromatic heterocycles. The minimum atomic E-state index is -0.212. The molecule has 0 fully saturated rings. The van der Waals surface area contributed by atoms with Gasteiger partial charge in [-0.3, -0.25) is 4.57 Å². The summed E-state index contributed by atoms with van der Waals surface area (Å²) in [4.78, 5) is 4.92. The van der Waals surface area contributed by atoms with Gasteiger partial charge in [0, 0.05) is 44.3 Å². The predicted molar refractivity (Wildman–Crippen MR) is 310 cm³/mol. The zero-order valence-electron chi connectivity index (χ0n) is 46.8. The fourth-order valence-corrected chi connectivity index (χ4v) is 13.4. The molecular formula is C70H70N4OPt-2. The van der Waals surface area contributed by atoms with Gasteiger partial charge in [-0.05, 0) is 125 Å². The molecule has 2 aliphatic rings. The van der Waals surface area contributed by atoms with Gasteiger partial charge in [-0.1, -0.05) is 200 Å². The zero-order chi connectivity index (χ0) is 52.8. The summed E-state index contributed by atoms with van der Waals surface area (Å²) in [6.07, 6.45) is 8.12. The van der Waals surface area contributed by atoms with Crippen molar-refractivity contribution in [3.05, 3.63) is 198 Å². The minimum Gasteiger partial charge on any atom is -0.510 e. The third-order valence-corrected chi connectivity index (χ3v) is 16.7. The van der Waals surface area contributed by atoms with Crippen molar-refractivity contribution in [1.29, 1.82) is 0 Å². The summed E-state index contributed by atoms with van der Waals surface area (Å²) in [5.74, 6) is 2.06. The van der Waals surface area contributed by atoms with Crippen molar-refractivity contribution in [3.8, 4) is 50.9 Å². The predicted octanol–water partition coefficient (Wildman–Crippen LogP) is 17.4. The van der Waals surface area contributed by atoms with E-state index in [1.807, 2.05) is 12.3 Å². The summed E-state index contributed by atoms with van der Waals surface area (Å²) in [5.41, 5.74) is 18.9. The zero-order valence-corrected chi connectivity index (χ0v) is 49.1. The maximum absolute atomic E-state index is 6.96. The van der Waals surface area contributed by atoms with E-state index in [-0.39, 0.29) is 53.6 Å². The number of hydrogen-bond donors (Lipinski definition) is 0.